The lowest BCUT2D eigenvalue weighted by atomic mass is 10.2. The van der Waals surface area contributed by atoms with E-state index < -0.39 is 0 Å². The zero-order valence-electron chi connectivity index (χ0n) is 11.6. The highest BCUT2D eigenvalue weighted by atomic mass is 32.2. The molecule has 0 saturated carbocycles. The van der Waals surface area contributed by atoms with Crippen molar-refractivity contribution >= 4 is 11.8 Å². The predicted octanol–water partition coefficient (Wildman–Crippen LogP) is 2.71. The Balaban J connectivity index is 1.90. The first-order valence-corrected chi connectivity index (χ1v) is 7.89. The van der Waals surface area contributed by atoms with Crippen LogP contribution < -0.4 is 5.32 Å². The molecule has 0 aromatic carbocycles. The highest BCUT2D eigenvalue weighted by molar-refractivity contribution is 8.00. The molecule has 4 heteroatoms. The summed E-state index contributed by atoms with van der Waals surface area (Å²) in [6.07, 6.45) is 0. The number of hydrogen-bond donors (Lipinski definition) is 1. The average molecular weight is 268 g/mol. The fourth-order valence-electron chi connectivity index (χ4n) is 2.27. The molecule has 1 fully saturated rings. The maximum Gasteiger partial charge on any atom is 0.118 e. The van der Waals surface area contributed by atoms with E-state index in [1.165, 1.54) is 12.3 Å². The Labute approximate surface area is 114 Å². The summed E-state index contributed by atoms with van der Waals surface area (Å²) >= 11 is 2.07. The maximum atomic E-state index is 5.86. The van der Waals surface area contributed by atoms with E-state index in [1.54, 1.807) is 0 Å². The van der Waals surface area contributed by atoms with E-state index in [0.29, 0.717) is 6.04 Å². The third-order valence-corrected chi connectivity index (χ3v) is 4.98. The Hall–Kier alpha value is -0.450. The lowest BCUT2D eigenvalue weighted by Gasteiger charge is -2.36. The molecule has 0 spiro atoms. The van der Waals surface area contributed by atoms with Crippen molar-refractivity contribution < 1.29 is 4.42 Å². The summed E-state index contributed by atoms with van der Waals surface area (Å²) in [5, 5.41) is 4.00. The van der Waals surface area contributed by atoms with Crippen LogP contribution in [0.2, 0.25) is 0 Å². The zero-order valence-corrected chi connectivity index (χ0v) is 12.4. The van der Waals surface area contributed by atoms with Crippen molar-refractivity contribution in [2.45, 2.75) is 45.2 Å². The first kappa shape index (κ1) is 14.0. The molecule has 2 unspecified atom stereocenters. The van der Waals surface area contributed by atoms with Gasteiger partial charge in [-0.2, -0.15) is 11.8 Å². The van der Waals surface area contributed by atoms with E-state index in [2.05, 4.69) is 54.9 Å². The molecule has 2 atom stereocenters. The molecule has 3 nitrogen and oxygen atoms in total. The van der Waals surface area contributed by atoms with Crippen LogP contribution in [0.3, 0.4) is 0 Å². The standard InChI is InChI=1S/C14H24N2OS/c1-4-15-9-13-5-6-14(17-13)10-16-7-8-18-12(3)11(16)2/h5-6,11-12,15H,4,7-10H2,1-3H3. The first-order chi connectivity index (χ1) is 8.70. The number of furan rings is 1. The van der Waals surface area contributed by atoms with Gasteiger partial charge in [-0.15, -0.1) is 0 Å². The number of rotatable bonds is 5. The van der Waals surface area contributed by atoms with Crippen LogP contribution in [0.15, 0.2) is 16.5 Å². The fraction of sp³-hybridized carbons (Fsp3) is 0.714. The highest BCUT2D eigenvalue weighted by Gasteiger charge is 2.25. The Morgan fingerprint density at radius 1 is 1.39 bits per heavy atom. The van der Waals surface area contributed by atoms with Crippen molar-refractivity contribution in [2.24, 2.45) is 0 Å². The van der Waals surface area contributed by atoms with Gasteiger partial charge >= 0.3 is 0 Å². The van der Waals surface area contributed by atoms with Crippen LogP contribution in [0, 0.1) is 0 Å². The average Bonchev–Trinajstić information content (AvgIpc) is 2.80. The van der Waals surface area contributed by atoms with Crippen molar-refractivity contribution in [1.29, 1.82) is 0 Å². The summed E-state index contributed by atoms with van der Waals surface area (Å²) in [4.78, 5) is 2.52. The SMILES string of the molecule is CCNCc1ccc(CN2CCSC(C)C2C)o1. The van der Waals surface area contributed by atoms with Gasteiger partial charge in [0.25, 0.3) is 0 Å². The van der Waals surface area contributed by atoms with Crippen molar-refractivity contribution in [2.75, 3.05) is 18.8 Å². The third kappa shape index (κ3) is 3.53. The minimum Gasteiger partial charge on any atom is -0.463 e. The largest absolute Gasteiger partial charge is 0.463 e. The minimum absolute atomic E-state index is 0.631. The molecule has 1 N–H and O–H groups in total. The van der Waals surface area contributed by atoms with Crippen molar-refractivity contribution in [3.8, 4) is 0 Å². The normalized spacial score (nSPS) is 25.5. The molecular formula is C14H24N2OS. The van der Waals surface area contributed by atoms with Gasteiger partial charge in [-0.3, -0.25) is 4.90 Å². The highest BCUT2D eigenvalue weighted by Crippen LogP contribution is 2.25. The van der Waals surface area contributed by atoms with Gasteiger partial charge in [0.2, 0.25) is 0 Å². The second-order valence-corrected chi connectivity index (χ2v) is 6.42. The van der Waals surface area contributed by atoms with Crippen LogP contribution in [0.25, 0.3) is 0 Å². The monoisotopic (exact) mass is 268 g/mol. The molecule has 1 saturated heterocycles. The van der Waals surface area contributed by atoms with E-state index in [-0.39, 0.29) is 0 Å². The number of thioether (sulfide) groups is 1. The number of hydrogen-bond acceptors (Lipinski definition) is 4. The van der Waals surface area contributed by atoms with Crippen LogP contribution in [0.5, 0.6) is 0 Å². The second kappa shape index (κ2) is 6.64. The van der Waals surface area contributed by atoms with E-state index in [9.17, 15) is 0 Å². The van der Waals surface area contributed by atoms with Gasteiger partial charge in [-0.25, -0.2) is 0 Å². The van der Waals surface area contributed by atoms with Crippen LogP contribution in [-0.4, -0.2) is 35.0 Å². The van der Waals surface area contributed by atoms with E-state index in [4.69, 9.17) is 4.42 Å². The zero-order chi connectivity index (χ0) is 13.0. The molecule has 0 radical (unpaired) electrons. The summed E-state index contributed by atoms with van der Waals surface area (Å²) < 4.78 is 5.86. The number of nitrogens with zero attached hydrogens (tertiary/aromatic N) is 1. The summed E-state index contributed by atoms with van der Waals surface area (Å²) in [6.45, 7) is 10.7. The fourth-order valence-corrected chi connectivity index (χ4v) is 3.43. The summed E-state index contributed by atoms with van der Waals surface area (Å²) in [5.74, 6) is 3.36. The first-order valence-electron chi connectivity index (χ1n) is 6.84. The van der Waals surface area contributed by atoms with E-state index in [1.807, 2.05) is 0 Å². The summed E-state index contributed by atoms with van der Waals surface area (Å²) in [5.41, 5.74) is 0. The summed E-state index contributed by atoms with van der Waals surface area (Å²) in [7, 11) is 0. The van der Waals surface area contributed by atoms with E-state index in [0.717, 1.165) is 36.4 Å². The molecule has 2 heterocycles. The molecule has 0 bridgehead atoms. The van der Waals surface area contributed by atoms with Gasteiger partial charge in [0.15, 0.2) is 0 Å². The quantitative estimate of drug-likeness (QED) is 0.889. The third-order valence-electron chi connectivity index (χ3n) is 3.64. The van der Waals surface area contributed by atoms with Gasteiger partial charge in [-0.1, -0.05) is 13.8 Å². The van der Waals surface area contributed by atoms with Gasteiger partial charge in [0, 0.05) is 23.6 Å². The smallest absolute Gasteiger partial charge is 0.118 e. The van der Waals surface area contributed by atoms with Crippen LogP contribution in [0.1, 0.15) is 32.3 Å². The molecule has 1 aromatic rings. The lowest BCUT2D eigenvalue weighted by molar-refractivity contribution is 0.187. The molecule has 1 aliphatic heterocycles. The summed E-state index contributed by atoms with van der Waals surface area (Å²) in [6, 6.07) is 4.84. The molecular weight excluding hydrogens is 244 g/mol. The Bertz CT molecular complexity index is 366. The Morgan fingerprint density at radius 2 is 2.17 bits per heavy atom. The Morgan fingerprint density at radius 3 is 2.94 bits per heavy atom. The van der Waals surface area contributed by atoms with Gasteiger partial charge < -0.3 is 9.73 Å². The molecule has 2 rings (SSSR count). The van der Waals surface area contributed by atoms with Gasteiger partial charge in [0.05, 0.1) is 13.1 Å². The number of nitrogens with one attached hydrogen (secondary N) is 1. The molecule has 0 aliphatic carbocycles. The Kier molecular flexibility index (Phi) is 5.15. The molecule has 102 valence electrons. The van der Waals surface area contributed by atoms with Gasteiger partial charge in [-0.05, 0) is 25.6 Å². The van der Waals surface area contributed by atoms with Crippen molar-refractivity contribution in [3.63, 3.8) is 0 Å². The van der Waals surface area contributed by atoms with Crippen LogP contribution >= 0.6 is 11.8 Å². The van der Waals surface area contributed by atoms with E-state index >= 15 is 0 Å². The minimum atomic E-state index is 0.631. The molecule has 0 amide bonds. The molecule has 18 heavy (non-hydrogen) atoms. The maximum absolute atomic E-state index is 5.86. The van der Waals surface area contributed by atoms with Crippen LogP contribution in [0.4, 0.5) is 0 Å². The molecule has 1 aliphatic rings. The lowest BCUT2D eigenvalue weighted by Crippen LogP contribution is -2.43. The second-order valence-electron chi connectivity index (χ2n) is 4.94. The van der Waals surface area contributed by atoms with Crippen molar-refractivity contribution in [1.82, 2.24) is 10.2 Å². The topological polar surface area (TPSA) is 28.4 Å². The van der Waals surface area contributed by atoms with Crippen LogP contribution in [-0.2, 0) is 13.1 Å². The van der Waals surface area contributed by atoms with Gasteiger partial charge in [0.1, 0.15) is 11.5 Å². The predicted molar refractivity (Wildman–Crippen MR) is 77.9 cm³/mol. The van der Waals surface area contributed by atoms with Crippen molar-refractivity contribution in [3.05, 3.63) is 23.7 Å². The molecule has 1 aromatic heterocycles.